The Morgan fingerprint density at radius 1 is 1.11 bits per heavy atom. The highest BCUT2D eigenvalue weighted by Crippen LogP contribution is 2.34. The van der Waals surface area contributed by atoms with Crippen LogP contribution < -0.4 is 16.0 Å². The molecule has 54 heavy (non-hydrogen) atoms. The first-order valence-corrected chi connectivity index (χ1v) is 19.2. The number of hydrogen-bond acceptors (Lipinski definition) is 9. The molecule has 1 saturated carbocycles. The maximum Gasteiger partial charge on any atom is 0.408 e. The molecular weight excluding hydrogens is 714 g/mol. The van der Waals surface area contributed by atoms with Crippen LogP contribution in [0.25, 0.3) is 11.5 Å². The number of nitrogens with one attached hydrogen (secondary N) is 3. The molecule has 0 unspecified atom stereocenters. The van der Waals surface area contributed by atoms with Crippen LogP contribution in [0.4, 0.5) is 4.79 Å². The number of hydrogen-bond donors (Lipinski definition) is 3. The summed E-state index contributed by atoms with van der Waals surface area (Å²) in [6, 6.07) is 1.28. The summed E-state index contributed by atoms with van der Waals surface area (Å²) in [6.45, 7) is 11.2. The second-order valence-corrected chi connectivity index (χ2v) is 16.1. The molecule has 4 rings (SSSR count). The van der Waals surface area contributed by atoms with Crippen molar-refractivity contribution in [2.75, 3.05) is 20.6 Å². The fourth-order valence-electron chi connectivity index (χ4n) is 6.44. The number of carbonyl (C=O) groups is 5. The number of alkyl carbamates (subject to hydrolysis) is 1. The van der Waals surface area contributed by atoms with E-state index in [9.17, 15) is 24.0 Å². The SMILES string of the molecule is Cc1nnc(-c2ccc(Cl)cc2C[C@H]2C(=O)NCCCC/C=C/C[C@H](N(C)C(=O)[C@@H](NC(=O)OC(C)(C)C)C3CC3)C(=O)N[C@@H](CC(C)C)C(=O)N2C)o1. The Labute approximate surface area is 323 Å². The lowest BCUT2D eigenvalue weighted by molar-refractivity contribution is -0.144. The van der Waals surface area contributed by atoms with Gasteiger partial charge in [-0.1, -0.05) is 37.6 Å². The molecule has 0 bridgehead atoms. The Hall–Kier alpha value is -4.46. The molecule has 1 aromatic heterocycles. The van der Waals surface area contributed by atoms with Crippen molar-refractivity contribution in [1.29, 1.82) is 0 Å². The van der Waals surface area contributed by atoms with Crippen LogP contribution in [0.2, 0.25) is 5.02 Å². The Bertz CT molecular complexity index is 1680. The van der Waals surface area contributed by atoms with Crippen LogP contribution >= 0.6 is 11.6 Å². The van der Waals surface area contributed by atoms with Gasteiger partial charge >= 0.3 is 6.09 Å². The van der Waals surface area contributed by atoms with E-state index >= 15 is 0 Å². The maximum atomic E-state index is 14.5. The van der Waals surface area contributed by atoms with Crippen molar-refractivity contribution in [2.24, 2.45) is 11.8 Å². The Balaban J connectivity index is 1.65. The number of rotatable bonds is 9. The molecule has 2 aromatic rings. The molecule has 2 aliphatic rings. The zero-order valence-corrected chi connectivity index (χ0v) is 33.5. The molecule has 0 spiro atoms. The number of halogens is 1. The van der Waals surface area contributed by atoms with E-state index in [1.807, 2.05) is 26.0 Å². The van der Waals surface area contributed by atoms with Gasteiger partial charge in [-0.05, 0) is 101 Å². The van der Waals surface area contributed by atoms with E-state index in [1.165, 1.54) is 9.80 Å². The molecule has 2 heterocycles. The molecule has 296 valence electrons. The van der Waals surface area contributed by atoms with E-state index in [1.54, 1.807) is 60.0 Å². The fourth-order valence-corrected chi connectivity index (χ4v) is 6.63. The molecular formula is C39H56ClN7O7. The summed E-state index contributed by atoms with van der Waals surface area (Å²) in [5.41, 5.74) is 0.455. The van der Waals surface area contributed by atoms with E-state index in [0.29, 0.717) is 41.4 Å². The highest BCUT2D eigenvalue weighted by molar-refractivity contribution is 6.30. The minimum Gasteiger partial charge on any atom is -0.444 e. The molecule has 4 atom stereocenters. The highest BCUT2D eigenvalue weighted by atomic mass is 35.5. The average molecular weight is 770 g/mol. The van der Waals surface area contributed by atoms with Gasteiger partial charge in [-0.3, -0.25) is 19.2 Å². The van der Waals surface area contributed by atoms with Crippen LogP contribution in [0.1, 0.15) is 91.0 Å². The van der Waals surface area contributed by atoms with E-state index in [0.717, 1.165) is 19.3 Å². The number of ether oxygens (including phenoxy) is 1. The zero-order chi connectivity index (χ0) is 39.7. The molecule has 0 saturated heterocycles. The van der Waals surface area contributed by atoms with Gasteiger partial charge in [-0.2, -0.15) is 0 Å². The normalized spacial score (nSPS) is 21.9. The average Bonchev–Trinajstić information content (AvgIpc) is 3.84. The Morgan fingerprint density at radius 3 is 2.46 bits per heavy atom. The number of amides is 5. The van der Waals surface area contributed by atoms with Crippen molar-refractivity contribution in [3.63, 3.8) is 0 Å². The van der Waals surface area contributed by atoms with Crippen LogP contribution in [0.15, 0.2) is 34.8 Å². The third-order valence-corrected chi connectivity index (χ3v) is 9.68. The van der Waals surface area contributed by atoms with Gasteiger partial charge in [0.1, 0.15) is 29.8 Å². The van der Waals surface area contributed by atoms with Gasteiger partial charge in [0, 0.05) is 44.6 Å². The summed E-state index contributed by atoms with van der Waals surface area (Å²) < 4.78 is 11.1. The summed E-state index contributed by atoms with van der Waals surface area (Å²) in [7, 11) is 3.10. The van der Waals surface area contributed by atoms with Crippen LogP contribution in [0.5, 0.6) is 0 Å². The minimum absolute atomic E-state index is 0.0131. The lowest BCUT2D eigenvalue weighted by Gasteiger charge is -2.34. The van der Waals surface area contributed by atoms with Crippen molar-refractivity contribution in [1.82, 2.24) is 35.9 Å². The molecule has 3 N–H and O–H groups in total. The molecule has 1 aliphatic heterocycles. The Kier molecular flexibility index (Phi) is 14.7. The lowest BCUT2D eigenvalue weighted by atomic mass is 9.96. The largest absolute Gasteiger partial charge is 0.444 e. The van der Waals surface area contributed by atoms with Gasteiger partial charge in [-0.15, -0.1) is 10.2 Å². The summed E-state index contributed by atoms with van der Waals surface area (Å²) in [5, 5.41) is 17.2. The highest BCUT2D eigenvalue weighted by Gasteiger charge is 2.42. The van der Waals surface area contributed by atoms with Gasteiger partial charge in [-0.25, -0.2) is 4.79 Å². The number of likely N-dealkylation sites (N-methyl/N-ethyl adjacent to an activating group) is 2. The quantitative estimate of drug-likeness (QED) is 0.297. The van der Waals surface area contributed by atoms with Crippen LogP contribution in [-0.2, 0) is 30.3 Å². The third kappa shape index (κ3) is 12.0. The number of nitrogens with zero attached hydrogens (tertiary/aromatic N) is 4. The molecule has 5 amide bonds. The fraction of sp³-hybridized carbons (Fsp3) is 0.615. The number of carbonyl (C=O) groups excluding carboxylic acids is 5. The number of aryl methyl sites for hydroxylation is 1. The van der Waals surface area contributed by atoms with Gasteiger partial charge in [0.15, 0.2) is 0 Å². The summed E-state index contributed by atoms with van der Waals surface area (Å²) in [5.74, 6) is -1.22. The minimum atomic E-state index is -1.02. The number of benzene rings is 1. The summed E-state index contributed by atoms with van der Waals surface area (Å²) in [6.07, 6.45) is 7.31. The first-order valence-electron chi connectivity index (χ1n) is 18.8. The summed E-state index contributed by atoms with van der Waals surface area (Å²) in [4.78, 5) is 72.1. The Morgan fingerprint density at radius 2 is 1.83 bits per heavy atom. The van der Waals surface area contributed by atoms with E-state index in [2.05, 4.69) is 26.1 Å². The van der Waals surface area contributed by atoms with Crippen LogP contribution in [0.3, 0.4) is 0 Å². The van der Waals surface area contributed by atoms with Crippen LogP contribution in [-0.4, -0.2) is 100 Å². The molecule has 15 heteroatoms. The third-order valence-electron chi connectivity index (χ3n) is 9.45. The number of aromatic nitrogens is 2. The second-order valence-electron chi connectivity index (χ2n) is 15.7. The van der Waals surface area contributed by atoms with Gasteiger partial charge in [0.05, 0.1) is 0 Å². The predicted octanol–water partition coefficient (Wildman–Crippen LogP) is 4.98. The van der Waals surface area contributed by atoms with E-state index in [4.69, 9.17) is 20.8 Å². The van der Waals surface area contributed by atoms with E-state index in [-0.39, 0.29) is 42.9 Å². The topological polar surface area (TPSA) is 176 Å². The first kappa shape index (κ1) is 42.3. The van der Waals surface area contributed by atoms with Gasteiger partial charge in [0.25, 0.3) is 0 Å². The molecule has 0 radical (unpaired) electrons. The van der Waals surface area contributed by atoms with Gasteiger partial charge < -0.3 is 34.9 Å². The van der Waals surface area contributed by atoms with Crippen molar-refractivity contribution in [2.45, 2.75) is 123 Å². The standard InChI is InChI=1S/C39H56ClN7O7/c1-23(2)20-29-36(50)47(8)31(22-26-21-27(40)17-18-28(26)35-45-44-24(3)53-35)33(48)41-19-13-11-9-10-12-14-30(34(49)42-29)46(7)37(51)32(25-15-16-25)43-38(52)54-39(4,5)6/h10,12,17-18,21,23,25,29-32H,9,11,13-16,19-20,22H2,1-8H3,(H,41,48)(H,42,49)(H,43,52)/b12-10+/t29-,30-,31-,32-/m0/s1. The van der Waals surface area contributed by atoms with Crippen molar-refractivity contribution >= 4 is 41.3 Å². The summed E-state index contributed by atoms with van der Waals surface area (Å²) >= 11 is 6.43. The van der Waals surface area contributed by atoms with E-state index < -0.39 is 53.6 Å². The predicted molar refractivity (Wildman–Crippen MR) is 204 cm³/mol. The first-order chi connectivity index (χ1) is 25.4. The zero-order valence-electron chi connectivity index (χ0n) is 32.7. The second kappa shape index (κ2) is 18.7. The number of allylic oxidation sites excluding steroid dienone is 1. The monoisotopic (exact) mass is 769 g/mol. The van der Waals surface area contributed by atoms with Crippen molar-refractivity contribution in [3.8, 4) is 11.5 Å². The molecule has 14 nitrogen and oxygen atoms in total. The molecule has 1 fully saturated rings. The van der Waals surface area contributed by atoms with Crippen molar-refractivity contribution in [3.05, 3.63) is 46.8 Å². The van der Waals surface area contributed by atoms with Crippen LogP contribution in [0, 0.1) is 18.8 Å². The lowest BCUT2D eigenvalue weighted by Crippen LogP contribution is -2.59. The molecule has 1 aliphatic carbocycles. The van der Waals surface area contributed by atoms with Gasteiger partial charge in [0.2, 0.25) is 35.4 Å². The van der Waals surface area contributed by atoms with Crippen molar-refractivity contribution < 1.29 is 33.1 Å². The maximum absolute atomic E-state index is 14.5. The smallest absolute Gasteiger partial charge is 0.408 e. The molecule has 1 aromatic carbocycles.